The Hall–Kier alpha value is -3.83. The number of nitrogens with zero attached hydrogens (tertiary/aromatic N) is 3. The third-order valence-electron chi connectivity index (χ3n) is 6.23. The molecule has 5 rings (SSSR count). The second-order valence-corrected chi connectivity index (χ2v) is 9.50. The average Bonchev–Trinajstić information content (AvgIpc) is 3.36. The van der Waals surface area contributed by atoms with Gasteiger partial charge in [-0.1, -0.05) is 97.1 Å². The predicted octanol–water partition coefficient (Wildman–Crippen LogP) is 7.01. The predicted molar refractivity (Wildman–Crippen MR) is 144 cm³/mol. The van der Waals surface area contributed by atoms with Crippen LogP contribution in [0.3, 0.4) is 0 Å². The Morgan fingerprint density at radius 2 is 1.54 bits per heavy atom. The summed E-state index contributed by atoms with van der Waals surface area (Å²) in [4.78, 5) is 25.3. The third-order valence-corrected chi connectivity index (χ3v) is 7.28. The number of amides is 1. The summed E-state index contributed by atoms with van der Waals surface area (Å²) in [6.07, 6.45) is 3.01. The van der Waals surface area contributed by atoms with Crippen LogP contribution in [-0.4, -0.2) is 15.9 Å². The van der Waals surface area contributed by atoms with Gasteiger partial charge < -0.3 is 0 Å². The Bertz CT molecular complexity index is 1360. The van der Waals surface area contributed by atoms with Crippen molar-refractivity contribution in [1.82, 2.24) is 9.97 Å². The van der Waals surface area contributed by atoms with E-state index >= 15 is 0 Å². The van der Waals surface area contributed by atoms with Crippen molar-refractivity contribution in [2.75, 3.05) is 4.90 Å². The Balaban J connectivity index is 1.53. The molecular formula is C30H27N3OS. The number of rotatable bonds is 8. The zero-order valence-corrected chi connectivity index (χ0v) is 20.5. The molecule has 0 atom stereocenters. The monoisotopic (exact) mass is 477 g/mol. The van der Waals surface area contributed by atoms with E-state index in [4.69, 9.17) is 4.98 Å². The number of anilines is 1. The highest BCUT2D eigenvalue weighted by Gasteiger charge is 2.26. The van der Waals surface area contributed by atoms with Crippen molar-refractivity contribution in [2.24, 2.45) is 0 Å². The Morgan fingerprint density at radius 1 is 0.857 bits per heavy atom. The van der Waals surface area contributed by atoms with Crippen molar-refractivity contribution in [3.05, 3.63) is 126 Å². The number of thiazole rings is 1. The highest BCUT2D eigenvalue weighted by Crippen LogP contribution is 2.34. The number of carbonyl (C=O) groups is 1. The largest absolute Gasteiger partial charge is 0.282 e. The van der Waals surface area contributed by atoms with E-state index in [1.807, 2.05) is 59.5 Å². The van der Waals surface area contributed by atoms with Crippen LogP contribution < -0.4 is 4.90 Å². The Labute approximate surface area is 209 Å². The highest BCUT2D eigenvalue weighted by molar-refractivity contribution is 7.22. The van der Waals surface area contributed by atoms with E-state index in [9.17, 15) is 4.79 Å². The Kier molecular flexibility index (Phi) is 6.96. The van der Waals surface area contributed by atoms with Crippen LogP contribution in [-0.2, 0) is 17.8 Å². The van der Waals surface area contributed by atoms with Crippen LogP contribution in [0.1, 0.15) is 41.6 Å². The fourth-order valence-corrected chi connectivity index (χ4v) is 5.42. The lowest BCUT2D eigenvalue weighted by atomic mass is 9.88. The van der Waals surface area contributed by atoms with Crippen LogP contribution in [0.25, 0.3) is 10.2 Å². The first-order valence-electron chi connectivity index (χ1n) is 11.9. The normalized spacial score (nSPS) is 11.1. The summed E-state index contributed by atoms with van der Waals surface area (Å²) in [6.45, 7) is 2.52. The number of hydrogen-bond donors (Lipinski definition) is 0. The summed E-state index contributed by atoms with van der Waals surface area (Å²) >= 11 is 1.57. The lowest BCUT2D eigenvalue weighted by Gasteiger charge is -2.24. The molecule has 2 aromatic heterocycles. The molecule has 0 bridgehead atoms. The van der Waals surface area contributed by atoms with Crippen molar-refractivity contribution in [2.45, 2.75) is 32.2 Å². The minimum absolute atomic E-state index is 0.0328. The molecule has 5 aromatic rings. The van der Waals surface area contributed by atoms with E-state index in [1.165, 1.54) is 5.56 Å². The smallest absolute Gasteiger partial charge is 0.230 e. The molecule has 0 N–H and O–H groups in total. The standard InChI is InChI=1S/C30H27N3OS/c1-2-22-16-11-18-27-29(22)32-30(35-27)33(21-25-17-9-10-19-31-25)28(34)20-26(23-12-5-3-6-13-23)24-14-7-4-8-15-24/h3-19,26H,2,20-21H2,1H3. The van der Waals surface area contributed by atoms with E-state index in [-0.39, 0.29) is 11.8 Å². The van der Waals surface area contributed by atoms with Crippen molar-refractivity contribution in [3.8, 4) is 0 Å². The van der Waals surface area contributed by atoms with Gasteiger partial charge in [0.1, 0.15) is 0 Å². The maximum atomic E-state index is 14.0. The molecule has 0 aliphatic carbocycles. The van der Waals surface area contributed by atoms with Crippen LogP contribution in [0.15, 0.2) is 103 Å². The van der Waals surface area contributed by atoms with Crippen molar-refractivity contribution >= 4 is 32.6 Å². The number of aryl methyl sites for hydroxylation is 1. The van der Waals surface area contributed by atoms with Gasteiger partial charge in [0.15, 0.2) is 5.13 Å². The summed E-state index contributed by atoms with van der Waals surface area (Å²) in [5.74, 6) is -0.0119. The van der Waals surface area contributed by atoms with E-state index in [1.54, 1.807) is 17.5 Å². The maximum absolute atomic E-state index is 14.0. The van der Waals surface area contributed by atoms with Gasteiger partial charge in [-0.15, -0.1) is 0 Å². The number of hydrogen-bond acceptors (Lipinski definition) is 4. The molecule has 0 saturated carbocycles. The molecule has 174 valence electrons. The van der Waals surface area contributed by atoms with Crippen LogP contribution in [0.2, 0.25) is 0 Å². The van der Waals surface area contributed by atoms with Gasteiger partial charge in [-0.05, 0) is 41.3 Å². The first-order chi connectivity index (χ1) is 17.2. The minimum Gasteiger partial charge on any atom is -0.282 e. The minimum atomic E-state index is -0.0447. The van der Waals surface area contributed by atoms with Gasteiger partial charge >= 0.3 is 0 Å². The molecule has 0 radical (unpaired) electrons. The molecule has 2 heterocycles. The SMILES string of the molecule is CCc1cccc2sc(N(Cc3ccccn3)C(=O)CC(c3ccccc3)c3ccccc3)nc12. The first-order valence-corrected chi connectivity index (χ1v) is 12.7. The first kappa shape index (κ1) is 22.9. The number of para-hydroxylation sites is 1. The number of pyridine rings is 1. The number of aromatic nitrogens is 2. The van der Waals surface area contributed by atoms with Gasteiger partial charge in [0, 0.05) is 18.5 Å². The van der Waals surface area contributed by atoms with Crippen molar-refractivity contribution in [1.29, 1.82) is 0 Å². The van der Waals surface area contributed by atoms with Crippen LogP contribution in [0, 0.1) is 0 Å². The maximum Gasteiger partial charge on any atom is 0.230 e. The van der Waals surface area contributed by atoms with Gasteiger partial charge in [-0.3, -0.25) is 14.7 Å². The zero-order chi connectivity index (χ0) is 24.0. The molecule has 0 saturated heterocycles. The van der Waals surface area contributed by atoms with Crippen LogP contribution in [0.5, 0.6) is 0 Å². The molecule has 0 fully saturated rings. The second-order valence-electron chi connectivity index (χ2n) is 8.49. The molecule has 0 unspecified atom stereocenters. The van der Waals surface area contributed by atoms with Gasteiger partial charge in [0.05, 0.1) is 22.5 Å². The average molecular weight is 478 g/mol. The lowest BCUT2D eigenvalue weighted by Crippen LogP contribution is -2.32. The third kappa shape index (κ3) is 5.15. The summed E-state index contributed by atoms with van der Waals surface area (Å²) < 4.78 is 1.10. The topological polar surface area (TPSA) is 46.1 Å². The number of benzene rings is 3. The van der Waals surface area contributed by atoms with Gasteiger partial charge in [-0.2, -0.15) is 0 Å². The molecule has 0 spiro atoms. The molecule has 3 aromatic carbocycles. The van der Waals surface area contributed by atoms with E-state index in [0.29, 0.717) is 13.0 Å². The Morgan fingerprint density at radius 3 is 2.17 bits per heavy atom. The van der Waals surface area contributed by atoms with Gasteiger partial charge in [0.2, 0.25) is 5.91 Å². The number of fused-ring (bicyclic) bond motifs is 1. The quantitative estimate of drug-likeness (QED) is 0.241. The molecule has 0 aliphatic heterocycles. The summed E-state index contributed by atoms with van der Waals surface area (Å²) in [5.41, 5.74) is 5.27. The van der Waals surface area contributed by atoms with Crippen LogP contribution >= 0.6 is 11.3 Å². The van der Waals surface area contributed by atoms with E-state index in [2.05, 4.69) is 54.4 Å². The van der Waals surface area contributed by atoms with E-state index in [0.717, 1.165) is 38.6 Å². The van der Waals surface area contributed by atoms with Gasteiger partial charge in [0.25, 0.3) is 0 Å². The van der Waals surface area contributed by atoms with Crippen molar-refractivity contribution in [3.63, 3.8) is 0 Å². The fourth-order valence-electron chi connectivity index (χ4n) is 4.39. The zero-order valence-electron chi connectivity index (χ0n) is 19.7. The van der Waals surface area contributed by atoms with Crippen molar-refractivity contribution < 1.29 is 4.79 Å². The molecule has 4 nitrogen and oxygen atoms in total. The van der Waals surface area contributed by atoms with Gasteiger partial charge in [-0.25, -0.2) is 4.98 Å². The molecular weight excluding hydrogens is 450 g/mol. The second kappa shape index (κ2) is 10.6. The lowest BCUT2D eigenvalue weighted by molar-refractivity contribution is -0.119. The molecule has 1 amide bonds. The summed E-state index contributed by atoms with van der Waals surface area (Å²) in [6, 6.07) is 32.6. The number of carbonyl (C=O) groups excluding carboxylic acids is 1. The summed E-state index contributed by atoms with van der Waals surface area (Å²) in [7, 11) is 0. The van der Waals surface area contributed by atoms with E-state index < -0.39 is 0 Å². The highest BCUT2D eigenvalue weighted by atomic mass is 32.1. The molecule has 35 heavy (non-hydrogen) atoms. The van der Waals surface area contributed by atoms with Crippen LogP contribution in [0.4, 0.5) is 5.13 Å². The molecule has 0 aliphatic rings. The molecule has 5 heteroatoms. The summed E-state index contributed by atoms with van der Waals surface area (Å²) in [5, 5.41) is 0.719. The fraction of sp³-hybridized carbons (Fsp3) is 0.167.